The molecule has 0 spiro atoms. The van der Waals surface area contributed by atoms with Gasteiger partial charge in [-0.25, -0.2) is 13.1 Å². The number of benzene rings is 1. The topological polar surface area (TPSA) is 58.2 Å². The Hall–Kier alpha value is -0.920. The highest BCUT2D eigenvalue weighted by Gasteiger charge is 2.18. The van der Waals surface area contributed by atoms with Crippen molar-refractivity contribution in [3.05, 3.63) is 51.9 Å². The molecule has 1 unspecified atom stereocenters. The van der Waals surface area contributed by atoms with E-state index in [0.717, 1.165) is 36.1 Å². The lowest BCUT2D eigenvalue weighted by atomic mass is 10.00. The molecule has 1 aromatic heterocycles. The molecule has 2 N–H and O–H groups in total. The fourth-order valence-corrected chi connectivity index (χ4v) is 5.52. The van der Waals surface area contributed by atoms with E-state index >= 15 is 0 Å². The minimum atomic E-state index is -3.43. The summed E-state index contributed by atoms with van der Waals surface area (Å²) in [7, 11) is -3.43. The molecule has 0 aliphatic carbocycles. The van der Waals surface area contributed by atoms with Crippen molar-refractivity contribution >= 4 is 33.0 Å². The molecule has 7 heteroatoms. The summed E-state index contributed by atoms with van der Waals surface area (Å²) in [6.45, 7) is 6.10. The standard InChI is InChI=1S/C20H29ClN2O2S2/c1-3-5-7-16(4-2)14-23-27(24,25)20-11-10-19(26-20)15-22-13-17-8-6-9-18(21)12-17/h6,8-12,16,22-23H,3-5,7,13-15H2,1-2H3. The first-order valence-corrected chi connectivity index (χ1v) is 12.2. The van der Waals surface area contributed by atoms with Gasteiger partial charge in [0.1, 0.15) is 4.21 Å². The Bertz CT molecular complexity index is 806. The van der Waals surface area contributed by atoms with Crippen LogP contribution in [0.4, 0.5) is 0 Å². The SMILES string of the molecule is CCCCC(CC)CNS(=O)(=O)c1ccc(CNCc2cccc(Cl)c2)s1. The Morgan fingerprint density at radius 2 is 1.96 bits per heavy atom. The molecule has 27 heavy (non-hydrogen) atoms. The van der Waals surface area contributed by atoms with Crippen molar-refractivity contribution in [2.45, 2.75) is 56.8 Å². The number of nitrogens with one attached hydrogen (secondary N) is 2. The average Bonchev–Trinajstić information content (AvgIpc) is 3.12. The Kier molecular flexibility index (Phi) is 9.26. The van der Waals surface area contributed by atoms with Crippen LogP contribution in [0.15, 0.2) is 40.6 Å². The van der Waals surface area contributed by atoms with Crippen LogP contribution in [0.3, 0.4) is 0 Å². The highest BCUT2D eigenvalue weighted by molar-refractivity contribution is 7.91. The van der Waals surface area contributed by atoms with Crippen molar-refractivity contribution in [1.29, 1.82) is 0 Å². The fourth-order valence-electron chi connectivity index (χ4n) is 2.82. The first-order valence-electron chi connectivity index (χ1n) is 9.48. The minimum Gasteiger partial charge on any atom is -0.308 e. The maximum Gasteiger partial charge on any atom is 0.250 e. The third-order valence-electron chi connectivity index (χ3n) is 4.52. The van der Waals surface area contributed by atoms with Gasteiger partial charge in [0.15, 0.2) is 0 Å². The maximum absolute atomic E-state index is 12.5. The normalized spacial score (nSPS) is 13.0. The number of rotatable bonds is 12. The summed E-state index contributed by atoms with van der Waals surface area (Å²) in [5.41, 5.74) is 1.10. The van der Waals surface area contributed by atoms with Crippen LogP contribution >= 0.6 is 22.9 Å². The minimum absolute atomic E-state index is 0.382. The summed E-state index contributed by atoms with van der Waals surface area (Å²) in [5.74, 6) is 0.401. The molecule has 2 rings (SSSR count). The van der Waals surface area contributed by atoms with Gasteiger partial charge in [0.2, 0.25) is 10.0 Å². The highest BCUT2D eigenvalue weighted by Crippen LogP contribution is 2.22. The molecule has 0 radical (unpaired) electrons. The van der Waals surface area contributed by atoms with Crippen molar-refractivity contribution in [3.63, 3.8) is 0 Å². The first kappa shape index (κ1) is 22.4. The van der Waals surface area contributed by atoms with Crippen LogP contribution in [0.25, 0.3) is 0 Å². The van der Waals surface area contributed by atoms with Gasteiger partial charge >= 0.3 is 0 Å². The zero-order valence-corrected chi connectivity index (χ0v) is 18.4. The Morgan fingerprint density at radius 1 is 1.15 bits per heavy atom. The number of hydrogen-bond donors (Lipinski definition) is 2. The van der Waals surface area contributed by atoms with Gasteiger partial charge in [0.25, 0.3) is 0 Å². The summed E-state index contributed by atoms with van der Waals surface area (Å²) in [6.07, 6.45) is 4.34. The molecule has 1 aromatic carbocycles. The number of hydrogen-bond acceptors (Lipinski definition) is 4. The third-order valence-corrected chi connectivity index (χ3v) is 7.76. The zero-order chi connectivity index (χ0) is 19.7. The van der Waals surface area contributed by atoms with Crippen LogP contribution < -0.4 is 10.0 Å². The molecule has 1 atom stereocenters. The second-order valence-electron chi connectivity index (χ2n) is 6.72. The van der Waals surface area contributed by atoms with E-state index in [2.05, 4.69) is 23.9 Å². The van der Waals surface area contributed by atoms with Crippen molar-refractivity contribution < 1.29 is 8.42 Å². The van der Waals surface area contributed by atoms with E-state index in [1.54, 1.807) is 6.07 Å². The molecule has 4 nitrogen and oxygen atoms in total. The Labute approximate surface area is 172 Å². The van der Waals surface area contributed by atoms with Gasteiger partial charge in [-0.15, -0.1) is 11.3 Å². The fraction of sp³-hybridized carbons (Fsp3) is 0.500. The van der Waals surface area contributed by atoms with Crippen LogP contribution in [0.5, 0.6) is 0 Å². The van der Waals surface area contributed by atoms with Gasteiger partial charge in [0, 0.05) is 29.5 Å². The van der Waals surface area contributed by atoms with Gasteiger partial charge in [-0.05, 0) is 42.2 Å². The second-order valence-corrected chi connectivity index (χ2v) is 10.3. The van der Waals surface area contributed by atoms with Crippen LogP contribution in [-0.2, 0) is 23.1 Å². The largest absolute Gasteiger partial charge is 0.308 e. The number of unbranched alkanes of at least 4 members (excludes halogenated alkanes) is 1. The monoisotopic (exact) mass is 428 g/mol. The van der Waals surface area contributed by atoms with E-state index < -0.39 is 10.0 Å². The number of thiophene rings is 1. The van der Waals surface area contributed by atoms with Crippen LogP contribution in [0.1, 0.15) is 50.0 Å². The Balaban J connectivity index is 1.85. The lowest BCUT2D eigenvalue weighted by Gasteiger charge is -2.14. The summed E-state index contributed by atoms with van der Waals surface area (Å²) < 4.78 is 28.2. The molecular formula is C20H29ClN2O2S2. The molecule has 150 valence electrons. The van der Waals surface area contributed by atoms with E-state index in [1.165, 1.54) is 11.3 Å². The molecule has 0 aliphatic heterocycles. The molecule has 0 amide bonds. The Morgan fingerprint density at radius 3 is 2.67 bits per heavy atom. The summed E-state index contributed by atoms with van der Waals surface area (Å²) in [5, 5.41) is 4.05. The van der Waals surface area contributed by atoms with E-state index in [4.69, 9.17) is 11.6 Å². The molecule has 1 heterocycles. The van der Waals surface area contributed by atoms with Crippen molar-refractivity contribution in [2.24, 2.45) is 5.92 Å². The van der Waals surface area contributed by atoms with Crippen molar-refractivity contribution in [3.8, 4) is 0 Å². The molecule has 2 aromatic rings. The summed E-state index contributed by atoms with van der Waals surface area (Å²) in [6, 6.07) is 11.3. The van der Waals surface area contributed by atoms with E-state index in [1.807, 2.05) is 30.3 Å². The van der Waals surface area contributed by atoms with Gasteiger partial charge in [-0.2, -0.15) is 0 Å². The molecule has 0 saturated heterocycles. The predicted octanol–water partition coefficient (Wildman–Crippen LogP) is 5.19. The summed E-state index contributed by atoms with van der Waals surface area (Å²) in [4.78, 5) is 0.996. The first-order chi connectivity index (χ1) is 12.9. The number of sulfonamides is 1. The zero-order valence-electron chi connectivity index (χ0n) is 16.0. The third kappa shape index (κ3) is 7.54. The van der Waals surface area contributed by atoms with Crippen LogP contribution in [0.2, 0.25) is 5.02 Å². The van der Waals surface area contributed by atoms with Crippen LogP contribution in [0, 0.1) is 5.92 Å². The molecular weight excluding hydrogens is 400 g/mol. The highest BCUT2D eigenvalue weighted by atomic mass is 35.5. The van der Waals surface area contributed by atoms with Gasteiger partial charge in [-0.3, -0.25) is 0 Å². The van der Waals surface area contributed by atoms with Crippen molar-refractivity contribution in [1.82, 2.24) is 10.0 Å². The average molecular weight is 429 g/mol. The summed E-state index contributed by atoms with van der Waals surface area (Å²) >= 11 is 7.30. The molecule has 0 aliphatic rings. The van der Waals surface area contributed by atoms with E-state index in [0.29, 0.717) is 34.8 Å². The van der Waals surface area contributed by atoms with Gasteiger partial charge in [-0.1, -0.05) is 56.8 Å². The quantitative estimate of drug-likeness (QED) is 0.489. The molecule has 0 saturated carbocycles. The lowest BCUT2D eigenvalue weighted by molar-refractivity contribution is 0.444. The van der Waals surface area contributed by atoms with Crippen LogP contribution in [-0.4, -0.2) is 15.0 Å². The van der Waals surface area contributed by atoms with E-state index in [9.17, 15) is 8.42 Å². The second kappa shape index (κ2) is 11.2. The van der Waals surface area contributed by atoms with Crippen molar-refractivity contribution in [2.75, 3.05) is 6.54 Å². The van der Waals surface area contributed by atoms with Gasteiger partial charge < -0.3 is 5.32 Å². The molecule has 0 bridgehead atoms. The maximum atomic E-state index is 12.5. The smallest absolute Gasteiger partial charge is 0.250 e. The van der Waals surface area contributed by atoms with Gasteiger partial charge in [0.05, 0.1) is 0 Å². The van der Waals surface area contributed by atoms with E-state index in [-0.39, 0.29) is 0 Å². The predicted molar refractivity (Wildman–Crippen MR) is 115 cm³/mol. The molecule has 0 fully saturated rings. The lowest BCUT2D eigenvalue weighted by Crippen LogP contribution is -2.28. The number of halogens is 1.